The van der Waals surface area contributed by atoms with E-state index in [2.05, 4.69) is 5.32 Å². The molecule has 0 spiro atoms. The summed E-state index contributed by atoms with van der Waals surface area (Å²) in [6, 6.07) is 20.1. The van der Waals surface area contributed by atoms with E-state index in [-0.39, 0.29) is 4.90 Å². The van der Waals surface area contributed by atoms with Gasteiger partial charge in [0.15, 0.2) is 0 Å². The van der Waals surface area contributed by atoms with E-state index in [0.29, 0.717) is 23.7 Å². The largest absolute Gasteiger partial charge is 0.354 e. The standard InChI is InChI=1S/C22H20ClFN2O3S/c23-18-8-6-17(7-9-18)14-15-25-22(27)16-26(20-4-2-1-3-5-20)30(28,29)21-12-10-19(24)11-13-21/h1-13H,14-16H2,(H,25,27). The molecule has 0 aliphatic carbocycles. The van der Waals surface area contributed by atoms with Crippen LogP contribution in [0, 0.1) is 5.82 Å². The van der Waals surface area contributed by atoms with Gasteiger partial charge in [-0.1, -0.05) is 41.9 Å². The van der Waals surface area contributed by atoms with Gasteiger partial charge in [0, 0.05) is 11.6 Å². The third kappa shape index (κ3) is 5.58. The van der Waals surface area contributed by atoms with Crippen LogP contribution in [0.5, 0.6) is 0 Å². The van der Waals surface area contributed by atoms with E-state index in [4.69, 9.17) is 11.6 Å². The van der Waals surface area contributed by atoms with Gasteiger partial charge in [0.2, 0.25) is 5.91 Å². The molecule has 156 valence electrons. The van der Waals surface area contributed by atoms with Gasteiger partial charge in [-0.25, -0.2) is 12.8 Å². The average molecular weight is 447 g/mol. The molecule has 0 bridgehead atoms. The molecule has 0 saturated heterocycles. The molecule has 30 heavy (non-hydrogen) atoms. The van der Waals surface area contributed by atoms with E-state index in [1.807, 2.05) is 12.1 Å². The summed E-state index contributed by atoms with van der Waals surface area (Å²) in [7, 11) is -4.06. The van der Waals surface area contributed by atoms with Gasteiger partial charge in [0.1, 0.15) is 12.4 Å². The minimum Gasteiger partial charge on any atom is -0.354 e. The van der Waals surface area contributed by atoms with E-state index >= 15 is 0 Å². The second kappa shape index (κ2) is 9.73. The molecule has 3 aromatic rings. The molecule has 0 heterocycles. The summed E-state index contributed by atoms with van der Waals surface area (Å²) in [4.78, 5) is 12.4. The summed E-state index contributed by atoms with van der Waals surface area (Å²) in [5.74, 6) is -0.987. The fraction of sp³-hybridized carbons (Fsp3) is 0.136. The first-order chi connectivity index (χ1) is 14.4. The predicted octanol–water partition coefficient (Wildman–Crippen LogP) is 4.03. The van der Waals surface area contributed by atoms with Gasteiger partial charge in [-0.2, -0.15) is 0 Å². The summed E-state index contributed by atoms with van der Waals surface area (Å²) < 4.78 is 40.5. The minimum absolute atomic E-state index is 0.0956. The van der Waals surface area contributed by atoms with E-state index < -0.39 is 28.3 Å². The number of anilines is 1. The maximum Gasteiger partial charge on any atom is 0.264 e. The highest BCUT2D eigenvalue weighted by Gasteiger charge is 2.27. The zero-order valence-electron chi connectivity index (χ0n) is 16.0. The smallest absolute Gasteiger partial charge is 0.264 e. The van der Waals surface area contributed by atoms with Crippen molar-refractivity contribution >= 4 is 33.2 Å². The van der Waals surface area contributed by atoms with Crippen molar-refractivity contribution in [2.75, 3.05) is 17.4 Å². The number of halogens is 2. The number of sulfonamides is 1. The molecular formula is C22H20ClFN2O3S. The first kappa shape index (κ1) is 21.8. The van der Waals surface area contributed by atoms with Gasteiger partial charge >= 0.3 is 0 Å². The molecule has 0 aromatic heterocycles. The Morgan fingerprint density at radius 3 is 2.20 bits per heavy atom. The highest BCUT2D eigenvalue weighted by molar-refractivity contribution is 7.92. The lowest BCUT2D eigenvalue weighted by Gasteiger charge is -2.24. The molecule has 0 saturated carbocycles. The molecule has 3 aromatic carbocycles. The van der Waals surface area contributed by atoms with Crippen LogP contribution in [0.2, 0.25) is 5.02 Å². The van der Waals surface area contributed by atoms with Crippen LogP contribution in [0.15, 0.2) is 83.8 Å². The number of rotatable bonds is 8. The number of para-hydroxylation sites is 1. The van der Waals surface area contributed by atoms with Gasteiger partial charge in [0.05, 0.1) is 10.6 Å². The Kier molecular flexibility index (Phi) is 7.07. The van der Waals surface area contributed by atoms with Crippen LogP contribution in [0.3, 0.4) is 0 Å². The second-order valence-corrected chi connectivity index (χ2v) is 8.83. The van der Waals surface area contributed by atoms with Gasteiger partial charge in [-0.3, -0.25) is 9.10 Å². The molecule has 5 nitrogen and oxygen atoms in total. The van der Waals surface area contributed by atoms with Gasteiger partial charge in [0.25, 0.3) is 10.0 Å². The van der Waals surface area contributed by atoms with Gasteiger partial charge in [-0.15, -0.1) is 0 Å². The van der Waals surface area contributed by atoms with E-state index in [1.165, 1.54) is 12.1 Å². The summed E-state index contributed by atoms with van der Waals surface area (Å²) in [5.41, 5.74) is 1.34. The van der Waals surface area contributed by atoms with E-state index in [1.54, 1.807) is 42.5 Å². The number of hydrogen-bond acceptors (Lipinski definition) is 3. The maximum absolute atomic E-state index is 13.2. The third-order valence-electron chi connectivity index (χ3n) is 4.38. The van der Waals surface area contributed by atoms with Crippen molar-refractivity contribution in [1.29, 1.82) is 0 Å². The minimum atomic E-state index is -4.06. The molecule has 3 rings (SSSR count). The SMILES string of the molecule is O=C(CN(c1ccccc1)S(=O)(=O)c1ccc(F)cc1)NCCc1ccc(Cl)cc1. The Bertz CT molecular complexity index is 1090. The molecule has 1 amide bonds. The number of carbonyl (C=O) groups is 1. The second-order valence-electron chi connectivity index (χ2n) is 6.53. The van der Waals surface area contributed by atoms with Crippen LogP contribution < -0.4 is 9.62 Å². The molecule has 8 heteroatoms. The number of hydrogen-bond donors (Lipinski definition) is 1. The molecule has 0 atom stereocenters. The zero-order chi connectivity index (χ0) is 21.6. The normalized spacial score (nSPS) is 11.1. The lowest BCUT2D eigenvalue weighted by atomic mass is 10.1. The third-order valence-corrected chi connectivity index (χ3v) is 6.42. The Balaban J connectivity index is 1.73. The van der Waals surface area contributed by atoms with Crippen molar-refractivity contribution in [3.63, 3.8) is 0 Å². The van der Waals surface area contributed by atoms with Crippen LogP contribution in [-0.2, 0) is 21.2 Å². The fourth-order valence-corrected chi connectivity index (χ4v) is 4.37. The number of nitrogens with one attached hydrogen (secondary N) is 1. The highest BCUT2D eigenvalue weighted by Crippen LogP contribution is 2.23. The summed E-state index contributed by atoms with van der Waals surface area (Å²) in [6.07, 6.45) is 0.582. The van der Waals surface area contributed by atoms with Crippen molar-refractivity contribution in [1.82, 2.24) is 5.32 Å². The summed E-state index contributed by atoms with van der Waals surface area (Å²) in [6.45, 7) is -0.0516. The van der Waals surface area contributed by atoms with E-state index in [0.717, 1.165) is 22.0 Å². The number of nitrogens with zero attached hydrogens (tertiary/aromatic N) is 1. The van der Waals surface area contributed by atoms with Crippen LogP contribution in [0.25, 0.3) is 0 Å². The monoisotopic (exact) mass is 446 g/mol. The van der Waals surface area contributed by atoms with Crippen molar-refractivity contribution in [2.24, 2.45) is 0 Å². The maximum atomic E-state index is 13.2. The van der Waals surface area contributed by atoms with Crippen molar-refractivity contribution in [3.05, 3.63) is 95.3 Å². The molecular weight excluding hydrogens is 427 g/mol. The Morgan fingerprint density at radius 2 is 1.57 bits per heavy atom. The first-order valence-corrected chi connectivity index (χ1v) is 11.0. The average Bonchev–Trinajstić information content (AvgIpc) is 2.74. The molecule has 0 fully saturated rings. The summed E-state index contributed by atoms with van der Waals surface area (Å²) in [5, 5.41) is 3.37. The topological polar surface area (TPSA) is 66.5 Å². The van der Waals surface area contributed by atoms with E-state index in [9.17, 15) is 17.6 Å². The number of amides is 1. The first-order valence-electron chi connectivity index (χ1n) is 9.21. The number of benzene rings is 3. The van der Waals surface area contributed by atoms with Gasteiger partial charge < -0.3 is 5.32 Å². The van der Waals surface area contributed by atoms with Crippen molar-refractivity contribution in [3.8, 4) is 0 Å². The van der Waals surface area contributed by atoms with Gasteiger partial charge in [-0.05, 0) is 60.5 Å². The van der Waals surface area contributed by atoms with Crippen LogP contribution in [0.1, 0.15) is 5.56 Å². The fourth-order valence-electron chi connectivity index (χ4n) is 2.83. The van der Waals surface area contributed by atoms with Crippen LogP contribution in [-0.4, -0.2) is 27.4 Å². The highest BCUT2D eigenvalue weighted by atomic mass is 35.5. The zero-order valence-corrected chi connectivity index (χ0v) is 17.5. The Labute approximate surface area is 180 Å². The molecule has 0 unspecified atom stereocenters. The molecule has 0 aliphatic heterocycles. The molecule has 0 radical (unpaired) electrons. The van der Waals surface area contributed by atoms with Crippen molar-refractivity contribution in [2.45, 2.75) is 11.3 Å². The predicted molar refractivity (Wildman–Crippen MR) is 116 cm³/mol. The van der Waals surface area contributed by atoms with Crippen LogP contribution in [0.4, 0.5) is 10.1 Å². The number of carbonyl (C=O) groups excluding carboxylic acids is 1. The van der Waals surface area contributed by atoms with Crippen LogP contribution >= 0.6 is 11.6 Å². The lowest BCUT2D eigenvalue weighted by Crippen LogP contribution is -2.41. The quantitative estimate of drug-likeness (QED) is 0.568. The molecule has 1 N–H and O–H groups in total. The summed E-state index contributed by atoms with van der Waals surface area (Å²) >= 11 is 5.86. The van der Waals surface area contributed by atoms with Crippen molar-refractivity contribution < 1.29 is 17.6 Å². The molecule has 0 aliphatic rings. The Morgan fingerprint density at radius 1 is 0.933 bits per heavy atom. The Hall–Kier alpha value is -2.90. The lowest BCUT2D eigenvalue weighted by molar-refractivity contribution is -0.119.